The highest BCUT2D eigenvalue weighted by atomic mass is 16.6. The number of hydrogen-bond acceptors (Lipinski definition) is 4. The van der Waals surface area contributed by atoms with E-state index in [9.17, 15) is 15.2 Å². The highest BCUT2D eigenvalue weighted by Crippen LogP contribution is 2.38. The lowest BCUT2D eigenvalue weighted by atomic mass is 9.72. The molecule has 0 amide bonds. The predicted molar refractivity (Wildman–Crippen MR) is 103 cm³/mol. The van der Waals surface area contributed by atoms with E-state index in [2.05, 4.69) is 15.6 Å². The van der Waals surface area contributed by atoms with Crippen LogP contribution < -0.4 is 10.6 Å². The van der Waals surface area contributed by atoms with Crippen molar-refractivity contribution in [1.82, 2.24) is 10.6 Å². The number of nitrogens with zero attached hydrogens (tertiary/aromatic N) is 2. The van der Waals surface area contributed by atoms with E-state index in [1.54, 1.807) is 12.1 Å². The lowest BCUT2D eigenvalue weighted by Crippen LogP contribution is -2.44. The number of hydrogen-bond donors (Lipinski definition) is 3. The first-order chi connectivity index (χ1) is 12.6. The van der Waals surface area contributed by atoms with E-state index in [1.165, 1.54) is 25.3 Å². The largest absolute Gasteiger partial charge is 0.396 e. The number of aliphatic hydroxyl groups is 1. The molecule has 1 aromatic rings. The average Bonchev–Trinajstić information content (AvgIpc) is 2.65. The van der Waals surface area contributed by atoms with Gasteiger partial charge in [-0.25, -0.2) is 4.99 Å². The van der Waals surface area contributed by atoms with Crippen LogP contribution in [-0.4, -0.2) is 35.7 Å². The number of nitrogens with one attached hydrogen (secondary N) is 2. The highest BCUT2D eigenvalue weighted by molar-refractivity contribution is 5.79. The molecular weight excluding hydrogens is 332 g/mol. The van der Waals surface area contributed by atoms with Gasteiger partial charge in [-0.15, -0.1) is 0 Å². The van der Waals surface area contributed by atoms with E-state index >= 15 is 0 Å². The second-order valence-electron chi connectivity index (χ2n) is 7.01. The second-order valence-corrected chi connectivity index (χ2v) is 7.01. The SMILES string of the molecule is CCNC(=NCc1cccc([N+](=O)[O-])c1)NCC1(CCO)CCCCC1. The molecule has 0 spiro atoms. The Bertz CT molecular complexity index is 607. The Balaban J connectivity index is 2.01. The van der Waals surface area contributed by atoms with Gasteiger partial charge in [0.15, 0.2) is 5.96 Å². The Kier molecular flexibility index (Phi) is 7.84. The molecule has 26 heavy (non-hydrogen) atoms. The molecule has 1 aliphatic carbocycles. The maximum absolute atomic E-state index is 10.9. The Morgan fingerprint density at radius 2 is 2.08 bits per heavy atom. The van der Waals surface area contributed by atoms with Crippen LogP contribution in [0.2, 0.25) is 0 Å². The molecule has 144 valence electrons. The van der Waals surface area contributed by atoms with E-state index < -0.39 is 4.92 Å². The molecule has 0 saturated heterocycles. The first-order valence-corrected chi connectivity index (χ1v) is 9.45. The summed E-state index contributed by atoms with van der Waals surface area (Å²) in [6.45, 7) is 4.13. The molecule has 1 saturated carbocycles. The van der Waals surface area contributed by atoms with Crippen molar-refractivity contribution in [2.45, 2.75) is 52.0 Å². The van der Waals surface area contributed by atoms with Gasteiger partial charge in [0, 0.05) is 31.8 Å². The Labute approximate surface area is 155 Å². The molecule has 0 heterocycles. The number of nitro benzene ring substituents is 1. The lowest BCUT2D eigenvalue weighted by molar-refractivity contribution is -0.384. The number of nitro groups is 1. The molecule has 0 radical (unpaired) electrons. The smallest absolute Gasteiger partial charge is 0.269 e. The molecule has 1 aliphatic rings. The summed E-state index contributed by atoms with van der Waals surface area (Å²) in [5.41, 5.74) is 1.02. The Morgan fingerprint density at radius 1 is 1.31 bits per heavy atom. The zero-order valence-corrected chi connectivity index (χ0v) is 15.5. The fraction of sp³-hybridized carbons (Fsp3) is 0.632. The standard InChI is InChI=1S/C19H30N4O3/c1-2-20-18(21-14-16-7-6-8-17(13-16)23(25)26)22-15-19(11-12-24)9-4-3-5-10-19/h6-8,13,24H,2-5,9-12,14-15H2,1H3,(H2,20,21,22). The van der Waals surface area contributed by atoms with Gasteiger partial charge in [0.25, 0.3) is 5.69 Å². The van der Waals surface area contributed by atoms with Gasteiger partial charge in [0.05, 0.1) is 11.5 Å². The zero-order valence-electron chi connectivity index (χ0n) is 15.5. The number of non-ortho nitro benzene ring substituents is 1. The minimum atomic E-state index is -0.390. The van der Waals surface area contributed by atoms with Crippen molar-refractivity contribution in [2.24, 2.45) is 10.4 Å². The van der Waals surface area contributed by atoms with Gasteiger partial charge < -0.3 is 15.7 Å². The summed E-state index contributed by atoms with van der Waals surface area (Å²) in [7, 11) is 0. The number of guanidine groups is 1. The van der Waals surface area contributed by atoms with E-state index in [-0.39, 0.29) is 17.7 Å². The van der Waals surface area contributed by atoms with Crippen molar-refractivity contribution < 1.29 is 10.0 Å². The molecule has 1 aromatic carbocycles. The molecule has 0 unspecified atom stereocenters. The summed E-state index contributed by atoms with van der Waals surface area (Å²) in [6, 6.07) is 6.57. The third kappa shape index (κ3) is 5.98. The first-order valence-electron chi connectivity index (χ1n) is 9.45. The van der Waals surface area contributed by atoms with Crippen LogP contribution >= 0.6 is 0 Å². The third-order valence-corrected chi connectivity index (χ3v) is 5.07. The fourth-order valence-electron chi connectivity index (χ4n) is 3.61. The van der Waals surface area contributed by atoms with E-state index in [1.807, 2.05) is 13.0 Å². The van der Waals surface area contributed by atoms with Gasteiger partial charge in [-0.3, -0.25) is 10.1 Å². The molecular formula is C19H30N4O3. The molecule has 0 bridgehead atoms. The quantitative estimate of drug-likeness (QED) is 0.286. The normalized spacial score (nSPS) is 16.9. The minimum Gasteiger partial charge on any atom is -0.396 e. The summed E-state index contributed by atoms with van der Waals surface area (Å²) in [5.74, 6) is 0.710. The molecule has 7 nitrogen and oxygen atoms in total. The van der Waals surface area contributed by atoms with Crippen molar-refractivity contribution in [3.63, 3.8) is 0 Å². The Hall–Kier alpha value is -2.15. The minimum absolute atomic E-state index is 0.0831. The molecule has 0 aromatic heterocycles. The van der Waals surface area contributed by atoms with Crippen molar-refractivity contribution in [3.05, 3.63) is 39.9 Å². The second kappa shape index (κ2) is 10.1. The Morgan fingerprint density at radius 3 is 2.73 bits per heavy atom. The summed E-state index contributed by atoms with van der Waals surface area (Å²) in [4.78, 5) is 15.1. The number of rotatable bonds is 8. The van der Waals surface area contributed by atoms with Gasteiger partial charge in [-0.05, 0) is 37.2 Å². The highest BCUT2D eigenvalue weighted by Gasteiger charge is 2.31. The van der Waals surface area contributed by atoms with Gasteiger partial charge in [0.1, 0.15) is 0 Å². The van der Waals surface area contributed by atoms with Crippen LogP contribution in [0.4, 0.5) is 5.69 Å². The lowest BCUT2D eigenvalue weighted by Gasteiger charge is -2.37. The molecule has 2 rings (SSSR count). The van der Waals surface area contributed by atoms with Crippen LogP contribution in [0.15, 0.2) is 29.3 Å². The van der Waals surface area contributed by atoms with E-state index in [0.29, 0.717) is 12.5 Å². The van der Waals surface area contributed by atoms with Crippen LogP contribution in [0.5, 0.6) is 0 Å². The number of aliphatic hydroxyl groups excluding tert-OH is 1. The summed E-state index contributed by atoms with van der Waals surface area (Å²) in [6.07, 6.45) is 6.76. The summed E-state index contributed by atoms with van der Waals surface area (Å²) >= 11 is 0. The van der Waals surface area contributed by atoms with Crippen molar-refractivity contribution in [1.29, 1.82) is 0 Å². The number of benzene rings is 1. The number of aliphatic imine (C=N–C) groups is 1. The van der Waals surface area contributed by atoms with Crippen LogP contribution in [0.3, 0.4) is 0 Å². The van der Waals surface area contributed by atoms with Crippen molar-refractivity contribution in [2.75, 3.05) is 19.7 Å². The van der Waals surface area contributed by atoms with E-state index in [4.69, 9.17) is 0 Å². The van der Waals surface area contributed by atoms with E-state index in [0.717, 1.165) is 37.9 Å². The molecule has 0 aliphatic heterocycles. The molecule has 3 N–H and O–H groups in total. The fourth-order valence-corrected chi connectivity index (χ4v) is 3.61. The monoisotopic (exact) mass is 362 g/mol. The predicted octanol–water partition coefficient (Wildman–Crippen LogP) is 2.98. The maximum Gasteiger partial charge on any atom is 0.269 e. The van der Waals surface area contributed by atoms with Gasteiger partial charge in [0.2, 0.25) is 0 Å². The third-order valence-electron chi connectivity index (χ3n) is 5.07. The van der Waals surface area contributed by atoms with Gasteiger partial charge >= 0.3 is 0 Å². The van der Waals surface area contributed by atoms with Gasteiger partial charge in [-0.1, -0.05) is 31.4 Å². The molecule has 1 fully saturated rings. The molecule has 7 heteroatoms. The zero-order chi connectivity index (χ0) is 18.8. The maximum atomic E-state index is 10.9. The van der Waals surface area contributed by atoms with Crippen molar-refractivity contribution >= 4 is 11.6 Å². The van der Waals surface area contributed by atoms with Gasteiger partial charge in [-0.2, -0.15) is 0 Å². The summed E-state index contributed by atoms with van der Waals surface area (Å²) < 4.78 is 0. The molecule has 0 atom stereocenters. The van der Waals surface area contributed by atoms with Crippen LogP contribution in [0, 0.1) is 15.5 Å². The van der Waals surface area contributed by atoms with Crippen molar-refractivity contribution in [3.8, 4) is 0 Å². The topological polar surface area (TPSA) is 99.8 Å². The first kappa shape index (κ1) is 20.2. The average molecular weight is 362 g/mol. The van der Waals surface area contributed by atoms with Crippen LogP contribution in [-0.2, 0) is 6.54 Å². The summed E-state index contributed by atoms with van der Waals surface area (Å²) in [5, 5.41) is 27.0. The van der Waals surface area contributed by atoms with Crippen LogP contribution in [0.25, 0.3) is 0 Å². The van der Waals surface area contributed by atoms with Crippen LogP contribution in [0.1, 0.15) is 51.0 Å².